The molecule has 0 bridgehead atoms. The van der Waals surface area contributed by atoms with Gasteiger partial charge in [-0.15, -0.1) is 0 Å². The molecule has 1 aromatic rings. The highest BCUT2D eigenvalue weighted by Gasteiger charge is 2.21. The third-order valence-corrected chi connectivity index (χ3v) is 3.53. The zero-order valence-corrected chi connectivity index (χ0v) is 11.7. The summed E-state index contributed by atoms with van der Waals surface area (Å²) >= 11 is 0. The Morgan fingerprint density at radius 1 is 1.47 bits per heavy atom. The molecule has 4 heteroatoms. The lowest BCUT2D eigenvalue weighted by molar-refractivity contribution is 0.131. The smallest absolute Gasteiger partial charge is 0.146 e. The lowest BCUT2D eigenvalue weighted by Gasteiger charge is -2.20. The SMILES string of the molecule is C[C@@H](N)c1ccc(N(C)CCOCC2CC2)c(F)c1. The minimum atomic E-state index is -0.223. The van der Waals surface area contributed by atoms with Gasteiger partial charge in [-0.05, 0) is 43.4 Å². The van der Waals surface area contributed by atoms with Crippen molar-refractivity contribution in [1.29, 1.82) is 0 Å². The van der Waals surface area contributed by atoms with Crippen molar-refractivity contribution in [3.8, 4) is 0 Å². The highest BCUT2D eigenvalue weighted by molar-refractivity contribution is 5.48. The second kappa shape index (κ2) is 6.35. The summed E-state index contributed by atoms with van der Waals surface area (Å²) in [5, 5.41) is 0. The predicted molar refractivity (Wildman–Crippen MR) is 75.8 cm³/mol. The van der Waals surface area contributed by atoms with E-state index < -0.39 is 0 Å². The van der Waals surface area contributed by atoms with Gasteiger partial charge >= 0.3 is 0 Å². The fourth-order valence-corrected chi connectivity index (χ4v) is 1.97. The Morgan fingerprint density at radius 2 is 2.21 bits per heavy atom. The van der Waals surface area contributed by atoms with Gasteiger partial charge in [0.25, 0.3) is 0 Å². The molecule has 0 spiro atoms. The van der Waals surface area contributed by atoms with E-state index in [-0.39, 0.29) is 11.9 Å². The summed E-state index contributed by atoms with van der Waals surface area (Å²) in [4.78, 5) is 1.88. The Balaban J connectivity index is 1.84. The number of nitrogens with zero attached hydrogens (tertiary/aromatic N) is 1. The largest absolute Gasteiger partial charge is 0.379 e. The van der Waals surface area contributed by atoms with Crippen LogP contribution < -0.4 is 10.6 Å². The van der Waals surface area contributed by atoms with Crippen LogP contribution in [-0.4, -0.2) is 26.8 Å². The van der Waals surface area contributed by atoms with E-state index in [1.54, 1.807) is 6.07 Å². The van der Waals surface area contributed by atoms with Crippen molar-refractivity contribution in [2.45, 2.75) is 25.8 Å². The highest BCUT2D eigenvalue weighted by Crippen LogP contribution is 2.28. The van der Waals surface area contributed by atoms with Crippen molar-refractivity contribution < 1.29 is 9.13 Å². The van der Waals surface area contributed by atoms with Gasteiger partial charge in [0.2, 0.25) is 0 Å². The molecule has 0 amide bonds. The van der Waals surface area contributed by atoms with Crippen LogP contribution in [-0.2, 0) is 4.74 Å². The number of likely N-dealkylation sites (N-methyl/N-ethyl adjacent to an activating group) is 1. The number of halogens is 1. The van der Waals surface area contributed by atoms with Gasteiger partial charge < -0.3 is 15.4 Å². The number of nitrogens with two attached hydrogens (primary N) is 1. The topological polar surface area (TPSA) is 38.5 Å². The van der Waals surface area contributed by atoms with Crippen LogP contribution >= 0.6 is 0 Å². The number of hydrogen-bond donors (Lipinski definition) is 1. The third-order valence-electron chi connectivity index (χ3n) is 3.53. The fourth-order valence-electron chi connectivity index (χ4n) is 1.97. The lowest BCUT2D eigenvalue weighted by atomic mass is 10.1. The second-order valence-electron chi connectivity index (χ2n) is 5.44. The lowest BCUT2D eigenvalue weighted by Crippen LogP contribution is -2.24. The highest BCUT2D eigenvalue weighted by atomic mass is 19.1. The van der Waals surface area contributed by atoms with E-state index in [9.17, 15) is 4.39 Å². The molecule has 2 N–H and O–H groups in total. The molecule has 1 saturated carbocycles. The Bertz CT molecular complexity index is 419. The molecular weight excluding hydrogens is 243 g/mol. The molecule has 1 aliphatic rings. The molecule has 0 heterocycles. The van der Waals surface area contributed by atoms with E-state index in [1.807, 2.05) is 24.9 Å². The minimum Gasteiger partial charge on any atom is -0.379 e. The first-order valence-electron chi connectivity index (χ1n) is 6.92. The molecule has 2 rings (SSSR count). The second-order valence-corrected chi connectivity index (χ2v) is 5.44. The molecule has 0 aliphatic heterocycles. The standard InChI is InChI=1S/C15H23FN2O/c1-11(17)13-5-6-15(14(16)9-13)18(2)7-8-19-10-12-3-4-12/h5-6,9,11-12H,3-4,7-8,10,17H2,1-2H3/t11-/m1/s1. The maximum atomic E-state index is 14.0. The fraction of sp³-hybridized carbons (Fsp3) is 0.600. The summed E-state index contributed by atoms with van der Waals surface area (Å²) < 4.78 is 19.5. The Morgan fingerprint density at radius 3 is 2.79 bits per heavy atom. The molecule has 19 heavy (non-hydrogen) atoms. The van der Waals surface area contributed by atoms with Crippen molar-refractivity contribution in [3.63, 3.8) is 0 Å². The van der Waals surface area contributed by atoms with Crippen LogP contribution in [0.1, 0.15) is 31.4 Å². The minimum absolute atomic E-state index is 0.143. The van der Waals surface area contributed by atoms with Crippen molar-refractivity contribution in [2.75, 3.05) is 31.7 Å². The number of rotatable bonds is 7. The van der Waals surface area contributed by atoms with E-state index in [0.717, 1.165) is 18.1 Å². The van der Waals surface area contributed by atoms with E-state index in [1.165, 1.54) is 18.9 Å². The van der Waals surface area contributed by atoms with Crippen LogP contribution in [0.4, 0.5) is 10.1 Å². The molecule has 0 aromatic heterocycles. The van der Waals surface area contributed by atoms with E-state index >= 15 is 0 Å². The molecule has 106 valence electrons. The zero-order valence-electron chi connectivity index (χ0n) is 11.7. The Kier molecular flexibility index (Phi) is 4.77. The summed E-state index contributed by atoms with van der Waals surface area (Å²) in [6, 6.07) is 5.04. The first-order valence-corrected chi connectivity index (χ1v) is 6.92. The van der Waals surface area contributed by atoms with Gasteiger partial charge in [0.15, 0.2) is 0 Å². The maximum Gasteiger partial charge on any atom is 0.146 e. The summed E-state index contributed by atoms with van der Waals surface area (Å²) in [7, 11) is 1.88. The number of hydrogen-bond acceptors (Lipinski definition) is 3. The summed E-state index contributed by atoms with van der Waals surface area (Å²) in [5.74, 6) is 0.548. The van der Waals surface area contributed by atoms with Gasteiger partial charge in [0.05, 0.1) is 12.3 Å². The van der Waals surface area contributed by atoms with Crippen LogP contribution in [0.15, 0.2) is 18.2 Å². The first kappa shape index (κ1) is 14.3. The van der Waals surface area contributed by atoms with E-state index in [0.29, 0.717) is 18.8 Å². The van der Waals surface area contributed by atoms with Crippen LogP contribution in [0.5, 0.6) is 0 Å². The zero-order chi connectivity index (χ0) is 13.8. The van der Waals surface area contributed by atoms with Crippen LogP contribution in [0, 0.1) is 11.7 Å². The van der Waals surface area contributed by atoms with Crippen molar-refractivity contribution in [1.82, 2.24) is 0 Å². The average molecular weight is 266 g/mol. The molecule has 3 nitrogen and oxygen atoms in total. The molecule has 1 aliphatic carbocycles. The number of benzene rings is 1. The number of ether oxygens (including phenoxy) is 1. The van der Waals surface area contributed by atoms with Gasteiger partial charge in [-0.2, -0.15) is 0 Å². The molecule has 0 saturated heterocycles. The monoisotopic (exact) mass is 266 g/mol. The summed E-state index contributed by atoms with van der Waals surface area (Å²) in [5.41, 5.74) is 7.16. The molecule has 1 atom stereocenters. The average Bonchev–Trinajstić information content (AvgIpc) is 3.18. The predicted octanol–water partition coefficient (Wildman–Crippen LogP) is 2.71. The molecular formula is C15H23FN2O. The van der Waals surface area contributed by atoms with Gasteiger partial charge in [0.1, 0.15) is 5.82 Å². The molecule has 1 fully saturated rings. The van der Waals surface area contributed by atoms with Gasteiger partial charge in [-0.25, -0.2) is 4.39 Å². The molecule has 1 aromatic carbocycles. The Labute approximate surface area is 114 Å². The first-order chi connectivity index (χ1) is 9.08. The molecule has 0 unspecified atom stereocenters. The van der Waals surface area contributed by atoms with Crippen LogP contribution in [0.2, 0.25) is 0 Å². The number of anilines is 1. The van der Waals surface area contributed by atoms with Crippen molar-refractivity contribution >= 4 is 5.69 Å². The van der Waals surface area contributed by atoms with Crippen LogP contribution in [0.3, 0.4) is 0 Å². The summed E-state index contributed by atoms with van der Waals surface area (Å²) in [6.45, 7) is 4.03. The van der Waals surface area contributed by atoms with E-state index in [4.69, 9.17) is 10.5 Å². The normalized spacial score (nSPS) is 16.4. The maximum absolute atomic E-state index is 14.0. The molecule has 0 radical (unpaired) electrons. The van der Waals surface area contributed by atoms with Crippen LogP contribution in [0.25, 0.3) is 0 Å². The van der Waals surface area contributed by atoms with Crippen molar-refractivity contribution in [2.24, 2.45) is 11.7 Å². The van der Waals surface area contributed by atoms with Gasteiger partial charge in [-0.1, -0.05) is 6.07 Å². The van der Waals surface area contributed by atoms with Gasteiger partial charge in [-0.3, -0.25) is 0 Å². The van der Waals surface area contributed by atoms with E-state index in [2.05, 4.69) is 0 Å². The third kappa shape index (κ3) is 4.18. The Hall–Kier alpha value is -1.13. The van der Waals surface area contributed by atoms with Gasteiger partial charge in [0, 0.05) is 26.2 Å². The van der Waals surface area contributed by atoms with Crippen molar-refractivity contribution in [3.05, 3.63) is 29.6 Å². The quantitative estimate of drug-likeness (QED) is 0.771. The summed E-state index contributed by atoms with van der Waals surface area (Å²) in [6.07, 6.45) is 2.59.